The molecule has 1 heterocycles. The Balaban J connectivity index is 1.96. The first-order valence-corrected chi connectivity index (χ1v) is 6.83. The fourth-order valence-electron chi connectivity index (χ4n) is 1.81. The van der Waals surface area contributed by atoms with Gasteiger partial charge in [0.1, 0.15) is 5.76 Å². The molecule has 2 aromatic rings. The molecular formula is C15H17N3O4. The Labute approximate surface area is 127 Å². The normalized spacial score (nSPS) is 10.1. The minimum absolute atomic E-state index is 0.0116. The van der Waals surface area contributed by atoms with Crippen molar-refractivity contribution in [1.82, 2.24) is 5.16 Å². The maximum Gasteiger partial charge on any atom is 0.340 e. The minimum atomic E-state index is -0.432. The third-order valence-corrected chi connectivity index (χ3v) is 2.76. The van der Waals surface area contributed by atoms with E-state index >= 15 is 0 Å². The first-order valence-electron chi connectivity index (χ1n) is 6.83. The summed E-state index contributed by atoms with van der Waals surface area (Å²) in [5.74, 6) is 0.226. The molecule has 0 unspecified atom stereocenters. The summed E-state index contributed by atoms with van der Waals surface area (Å²) in [6, 6.07) is 8.46. The van der Waals surface area contributed by atoms with Crippen LogP contribution in [-0.4, -0.2) is 30.2 Å². The number of para-hydroxylation sites is 1. The van der Waals surface area contributed by atoms with E-state index in [0.29, 0.717) is 29.4 Å². The fourth-order valence-corrected chi connectivity index (χ4v) is 1.81. The summed E-state index contributed by atoms with van der Waals surface area (Å²) < 4.78 is 9.83. The van der Waals surface area contributed by atoms with Gasteiger partial charge in [0.15, 0.2) is 5.82 Å². The Morgan fingerprint density at radius 2 is 2.09 bits per heavy atom. The van der Waals surface area contributed by atoms with E-state index in [1.54, 1.807) is 44.2 Å². The van der Waals surface area contributed by atoms with E-state index in [2.05, 4.69) is 15.8 Å². The number of nitrogens with one attached hydrogen (secondary N) is 2. The molecule has 0 saturated heterocycles. The predicted molar refractivity (Wildman–Crippen MR) is 80.8 cm³/mol. The first-order chi connectivity index (χ1) is 10.6. The highest BCUT2D eigenvalue weighted by molar-refractivity contribution is 5.97. The summed E-state index contributed by atoms with van der Waals surface area (Å²) in [5.41, 5.74) is 0.918. The Kier molecular flexibility index (Phi) is 5.13. The third-order valence-electron chi connectivity index (χ3n) is 2.76. The first kappa shape index (κ1) is 15.6. The molecule has 1 amide bonds. The molecule has 0 aliphatic rings. The lowest BCUT2D eigenvalue weighted by Crippen LogP contribution is -2.23. The molecule has 116 valence electrons. The topological polar surface area (TPSA) is 93.5 Å². The number of aromatic nitrogens is 1. The highest BCUT2D eigenvalue weighted by Gasteiger charge is 2.13. The smallest absolute Gasteiger partial charge is 0.340 e. The Morgan fingerprint density at radius 3 is 2.77 bits per heavy atom. The van der Waals surface area contributed by atoms with Crippen molar-refractivity contribution in [3.05, 3.63) is 41.7 Å². The summed E-state index contributed by atoms with van der Waals surface area (Å²) in [7, 11) is 0. The summed E-state index contributed by atoms with van der Waals surface area (Å²) in [6.07, 6.45) is 0. The van der Waals surface area contributed by atoms with Crippen LogP contribution in [0.1, 0.15) is 23.0 Å². The molecule has 1 aromatic carbocycles. The van der Waals surface area contributed by atoms with E-state index in [1.165, 1.54) is 0 Å². The zero-order valence-corrected chi connectivity index (χ0v) is 12.4. The van der Waals surface area contributed by atoms with Gasteiger partial charge in [-0.1, -0.05) is 17.3 Å². The standard InChI is InChI=1S/C15H17N3O4/c1-3-21-15(20)11-6-4-5-7-12(11)16-9-14(19)17-13-8-10(2)22-18-13/h4-8,16H,3,9H2,1-2H3,(H,17,18,19). The van der Waals surface area contributed by atoms with Crippen molar-refractivity contribution in [2.75, 3.05) is 23.8 Å². The molecule has 2 N–H and O–H groups in total. The highest BCUT2D eigenvalue weighted by Crippen LogP contribution is 2.16. The molecule has 0 bridgehead atoms. The van der Waals surface area contributed by atoms with Crippen LogP contribution < -0.4 is 10.6 Å². The Morgan fingerprint density at radius 1 is 1.32 bits per heavy atom. The van der Waals surface area contributed by atoms with Gasteiger partial charge in [-0.3, -0.25) is 4.79 Å². The van der Waals surface area contributed by atoms with Crippen LogP contribution in [-0.2, 0) is 9.53 Å². The van der Waals surface area contributed by atoms with Gasteiger partial charge in [0.25, 0.3) is 0 Å². The van der Waals surface area contributed by atoms with Crippen LogP contribution >= 0.6 is 0 Å². The Bertz CT molecular complexity index is 666. The summed E-state index contributed by atoms with van der Waals surface area (Å²) >= 11 is 0. The molecular weight excluding hydrogens is 286 g/mol. The van der Waals surface area contributed by atoms with Gasteiger partial charge < -0.3 is 19.9 Å². The van der Waals surface area contributed by atoms with Crippen LogP contribution in [0.3, 0.4) is 0 Å². The van der Waals surface area contributed by atoms with E-state index in [-0.39, 0.29) is 12.5 Å². The number of hydrogen-bond acceptors (Lipinski definition) is 6. The SMILES string of the molecule is CCOC(=O)c1ccccc1NCC(=O)Nc1cc(C)on1. The van der Waals surface area contributed by atoms with Gasteiger partial charge in [-0.25, -0.2) is 4.79 Å². The third kappa shape index (κ3) is 4.08. The lowest BCUT2D eigenvalue weighted by Gasteiger charge is -2.10. The summed E-state index contributed by atoms with van der Waals surface area (Å²) in [5, 5.41) is 9.16. The number of amides is 1. The average molecular weight is 303 g/mol. The number of aryl methyl sites for hydroxylation is 1. The van der Waals surface area contributed by atoms with Crippen molar-refractivity contribution in [3.63, 3.8) is 0 Å². The maximum atomic E-state index is 11.8. The largest absolute Gasteiger partial charge is 0.462 e. The van der Waals surface area contributed by atoms with Gasteiger partial charge in [0, 0.05) is 11.8 Å². The van der Waals surface area contributed by atoms with E-state index in [0.717, 1.165) is 0 Å². The number of anilines is 2. The van der Waals surface area contributed by atoms with Crippen molar-refractivity contribution in [2.45, 2.75) is 13.8 Å². The lowest BCUT2D eigenvalue weighted by atomic mass is 10.2. The van der Waals surface area contributed by atoms with Gasteiger partial charge in [0.2, 0.25) is 5.91 Å². The van der Waals surface area contributed by atoms with Crippen LogP contribution in [0.25, 0.3) is 0 Å². The molecule has 22 heavy (non-hydrogen) atoms. The molecule has 7 heteroatoms. The van der Waals surface area contributed by atoms with Crippen LogP contribution in [0.5, 0.6) is 0 Å². The number of carbonyl (C=O) groups is 2. The summed E-state index contributed by atoms with van der Waals surface area (Å²) in [6.45, 7) is 3.75. The molecule has 0 fully saturated rings. The molecule has 0 atom stereocenters. The van der Waals surface area contributed by atoms with Crippen LogP contribution in [0, 0.1) is 6.92 Å². The van der Waals surface area contributed by atoms with Crippen molar-refractivity contribution in [2.24, 2.45) is 0 Å². The number of rotatable bonds is 6. The number of ether oxygens (including phenoxy) is 1. The number of carbonyl (C=O) groups excluding carboxylic acids is 2. The molecule has 0 aliphatic heterocycles. The van der Waals surface area contributed by atoms with Crippen molar-refractivity contribution >= 4 is 23.4 Å². The molecule has 0 saturated carbocycles. The van der Waals surface area contributed by atoms with Crippen LogP contribution in [0.15, 0.2) is 34.9 Å². The average Bonchev–Trinajstić information content (AvgIpc) is 2.91. The molecule has 0 spiro atoms. The zero-order chi connectivity index (χ0) is 15.9. The van der Waals surface area contributed by atoms with Crippen molar-refractivity contribution in [3.8, 4) is 0 Å². The zero-order valence-electron chi connectivity index (χ0n) is 12.4. The molecule has 2 rings (SSSR count). The van der Waals surface area contributed by atoms with Crippen LogP contribution in [0.4, 0.5) is 11.5 Å². The maximum absolute atomic E-state index is 11.8. The second-order valence-corrected chi connectivity index (χ2v) is 4.49. The number of nitrogens with zero attached hydrogens (tertiary/aromatic N) is 1. The Hall–Kier alpha value is -2.83. The lowest BCUT2D eigenvalue weighted by molar-refractivity contribution is -0.114. The molecule has 0 radical (unpaired) electrons. The fraction of sp³-hybridized carbons (Fsp3) is 0.267. The van der Waals surface area contributed by atoms with Crippen molar-refractivity contribution in [1.29, 1.82) is 0 Å². The highest BCUT2D eigenvalue weighted by atomic mass is 16.5. The van der Waals surface area contributed by atoms with Crippen LogP contribution in [0.2, 0.25) is 0 Å². The van der Waals surface area contributed by atoms with Gasteiger partial charge in [-0.15, -0.1) is 0 Å². The molecule has 0 aliphatic carbocycles. The monoisotopic (exact) mass is 303 g/mol. The molecule has 7 nitrogen and oxygen atoms in total. The minimum Gasteiger partial charge on any atom is -0.462 e. The number of benzene rings is 1. The van der Waals surface area contributed by atoms with Gasteiger partial charge in [0.05, 0.1) is 18.7 Å². The second kappa shape index (κ2) is 7.26. The van der Waals surface area contributed by atoms with Gasteiger partial charge in [-0.2, -0.15) is 0 Å². The second-order valence-electron chi connectivity index (χ2n) is 4.49. The quantitative estimate of drug-likeness (QED) is 0.795. The van der Waals surface area contributed by atoms with E-state index in [9.17, 15) is 9.59 Å². The number of esters is 1. The van der Waals surface area contributed by atoms with E-state index in [4.69, 9.17) is 9.26 Å². The van der Waals surface area contributed by atoms with E-state index in [1.807, 2.05) is 0 Å². The van der Waals surface area contributed by atoms with Gasteiger partial charge >= 0.3 is 5.97 Å². The predicted octanol–water partition coefficient (Wildman–Crippen LogP) is 2.21. The number of hydrogen-bond donors (Lipinski definition) is 2. The van der Waals surface area contributed by atoms with Gasteiger partial charge in [-0.05, 0) is 26.0 Å². The van der Waals surface area contributed by atoms with Crippen molar-refractivity contribution < 1.29 is 18.8 Å². The molecule has 1 aromatic heterocycles. The summed E-state index contributed by atoms with van der Waals surface area (Å²) in [4.78, 5) is 23.6. The van der Waals surface area contributed by atoms with E-state index < -0.39 is 5.97 Å².